The number of rotatable bonds is 5. The van der Waals surface area contributed by atoms with Crippen LogP contribution in [-0.4, -0.2) is 25.6 Å². The Morgan fingerprint density at radius 3 is 3.00 bits per heavy atom. The van der Waals surface area contributed by atoms with Crippen molar-refractivity contribution in [3.8, 4) is 0 Å². The van der Waals surface area contributed by atoms with Crippen LogP contribution in [0.4, 0.5) is 0 Å². The van der Waals surface area contributed by atoms with Crippen molar-refractivity contribution in [1.29, 1.82) is 0 Å². The monoisotopic (exact) mass is 333 g/mol. The first-order valence-corrected chi connectivity index (χ1v) is 7.82. The molecular formula is C18H15N5O2. The van der Waals surface area contributed by atoms with E-state index >= 15 is 0 Å². The molecule has 0 aliphatic rings. The van der Waals surface area contributed by atoms with Crippen molar-refractivity contribution in [2.75, 3.05) is 0 Å². The summed E-state index contributed by atoms with van der Waals surface area (Å²) in [5, 5.41) is 6.65. The molecule has 7 heteroatoms. The molecule has 0 spiro atoms. The van der Waals surface area contributed by atoms with Crippen LogP contribution < -0.4 is 5.32 Å². The van der Waals surface area contributed by atoms with Crippen LogP contribution in [-0.2, 0) is 13.1 Å². The topological polar surface area (TPSA) is 85.8 Å². The van der Waals surface area contributed by atoms with Gasteiger partial charge in [-0.05, 0) is 23.8 Å². The number of hydrogen-bond donors (Lipinski definition) is 1. The third kappa shape index (κ3) is 3.25. The second-order valence-corrected chi connectivity index (χ2v) is 5.58. The maximum atomic E-state index is 12.2. The fraction of sp³-hybridized carbons (Fsp3) is 0.111. The molecule has 1 amide bonds. The number of carbonyl (C=O) groups is 1. The highest BCUT2D eigenvalue weighted by Crippen LogP contribution is 2.14. The fourth-order valence-electron chi connectivity index (χ4n) is 2.57. The highest BCUT2D eigenvalue weighted by Gasteiger charge is 2.13. The van der Waals surface area contributed by atoms with Crippen LogP contribution in [0.25, 0.3) is 11.0 Å². The van der Waals surface area contributed by atoms with E-state index < -0.39 is 0 Å². The van der Waals surface area contributed by atoms with Gasteiger partial charge in [-0.15, -0.1) is 0 Å². The minimum Gasteiger partial charge on any atom is -0.359 e. The van der Waals surface area contributed by atoms with Crippen LogP contribution in [0.15, 0.2) is 65.7 Å². The average Bonchev–Trinajstić information content (AvgIpc) is 3.29. The van der Waals surface area contributed by atoms with E-state index in [1.54, 1.807) is 24.8 Å². The zero-order valence-corrected chi connectivity index (χ0v) is 13.3. The molecule has 124 valence electrons. The number of nitrogens with one attached hydrogen (secondary N) is 1. The average molecular weight is 333 g/mol. The molecule has 1 aromatic carbocycles. The molecule has 0 saturated carbocycles. The Bertz CT molecular complexity index is 1010. The van der Waals surface area contributed by atoms with E-state index in [4.69, 9.17) is 4.52 Å². The lowest BCUT2D eigenvalue weighted by Crippen LogP contribution is -2.23. The van der Waals surface area contributed by atoms with Gasteiger partial charge in [0, 0.05) is 25.0 Å². The summed E-state index contributed by atoms with van der Waals surface area (Å²) in [4.78, 5) is 20.5. The molecule has 0 fully saturated rings. The summed E-state index contributed by atoms with van der Waals surface area (Å²) in [5.74, 6) is 0.309. The van der Waals surface area contributed by atoms with Gasteiger partial charge in [0.2, 0.25) is 0 Å². The van der Waals surface area contributed by atoms with Gasteiger partial charge >= 0.3 is 0 Å². The number of pyridine rings is 1. The lowest BCUT2D eigenvalue weighted by Gasteiger charge is -2.01. The summed E-state index contributed by atoms with van der Waals surface area (Å²) in [6.45, 7) is 0.852. The number of hydrogen-bond acceptors (Lipinski definition) is 5. The SMILES string of the molecule is O=C(NCc1cccnc1)c1cc(Cn2cnc3ccccc32)on1. The Morgan fingerprint density at radius 1 is 1.20 bits per heavy atom. The van der Waals surface area contributed by atoms with Crippen LogP contribution in [0.5, 0.6) is 0 Å². The minimum absolute atomic E-state index is 0.253. The summed E-state index contributed by atoms with van der Waals surface area (Å²) >= 11 is 0. The quantitative estimate of drug-likeness (QED) is 0.606. The molecule has 0 unspecified atom stereocenters. The summed E-state index contributed by atoms with van der Waals surface area (Å²) in [6.07, 6.45) is 5.14. The van der Waals surface area contributed by atoms with E-state index in [1.165, 1.54) is 0 Å². The van der Waals surface area contributed by atoms with Crippen molar-refractivity contribution in [3.63, 3.8) is 0 Å². The van der Waals surface area contributed by atoms with E-state index in [0.29, 0.717) is 18.8 Å². The Labute approximate surface area is 143 Å². The van der Waals surface area contributed by atoms with Gasteiger partial charge in [0.15, 0.2) is 11.5 Å². The lowest BCUT2D eigenvalue weighted by atomic mass is 10.2. The van der Waals surface area contributed by atoms with Crippen molar-refractivity contribution >= 4 is 16.9 Å². The largest absolute Gasteiger partial charge is 0.359 e. The summed E-state index contributed by atoms with van der Waals surface area (Å²) in [5.41, 5.74) is 3.09. The maximum Gasteiger partial charge on any atom is 0.273 e. The van der Waals surface area contributed by atoms with Gasteiger partial charge in [-0.3, -0.25) is 9.78 Å². The first-order chi connectivity index (χ1) is 12.3. The second kappa shape index (κ2) is 6.56. The van der Waals surface area contributed by atoms with Crippen LogP contribution in [0, 0.1) is 0 Å². The van der Waals surface area contributed by atoms with E-state index in [2.05, 4.69) is 20.4 Å². The normalized spacial score (nSPS) is 10.9. The van der Waals surface area contributed by atoms with Gasteiger partial charge in [-0.25, -0.2) is 4.98 Å². The Morgan fingerprint density at radius 2 is 2.12 bits per heavy atom. The summed E-state index contributed by atoms with van der Waals surface area (Å²) in [6, 6.07) is 13.2. The van der Waals surface area contributed by atoms with Crippen LogP contribution >= 0.6 is 0 Å². The number of aromatic nitrogens is 4. The number of para-hydroxylation sites is 2. The third-order valence-electron chi connectivity index (χ3n) is 3.82. The molecule has 4 aromatic rings. The molecule has 7 nitrogen and oxygen atoms in total. The van der Waals surface area contributed by atoms with Gasteiger partial charge in [0.25, 0.3) is 5.91 Å². The first kappa shape index (κ1) is 15.1. The summed E-state index contributed by atoms with van der Waals surface area (Å²) in [7, 11) is 0. The summed E-state index contributed by atoms with van der Waals surface area (Å²) < 4.78 is 7.24. The van der Waals surface area contributed by atoms with Crippen molar-refractivity contribution in [2.24, 2.45) is 0 Å². The van der Waals surface area contributed by atoms with Crippen molar-refractivity contribution < 1.29 is 9.32 Å². The molecule has 1 N–H and O–H groups in total. The number of carbonyl (C=O) groups excluding carboxylic acids is 1. The van der Waals surface area contributed by atoms with Crippen molar-refractivity contribution in [3.05, 3.63) is 78.2 Å². The molecule has 25 heavy (non-hydrogen) atoms. The molecule has 3 aromatic heterocycles. The van der Waals surface area contributed by atoms with E-state index in [-0.39, 0.29) is 11.6 Å². The Hall–Kier alpha value is -3.48. The molecular weight excluding hydrogens is 318 g/mol. The molecule has 0 saturated heterocycles. The molecule has 0 bridgehead atoms. The Kier molecular flexibility index (Phi) is 3.96. The number of benzene rings is 1. The molecule has 0 radical (unpaired) electrons. The van der Waals surface area contributed by atoms with Gasteiger partial charge in [-0.2, -0.15) is 0 Å². The maximum absolute atomic E-state index is 12.2. The number of nitrogens with zero attached hydrogens (tertiary/aromatic N) is 4. The van der Waals surface area contributed by atoms with E-state index in [1.807, 2.05) is 41.0 Å². The van der Waals surface area contributed by atoms with Crippen LogP contribution in [0.1, 0.15) is 21.8 Å². The van der Waals surface area contributed by atoms with Crippen LogP contribution in [0.3, 0.4) is 0 Å². The van der Waals surface area contributed by atoms with Crippen LogP contribution in [0.2, 0.25) is 0 Å². The standard InChI is InChI=1S/C18H15N5O2/c24-18(20-10-13-4-3-7-19-9-13)16-8-14(25-22-16)11-23-12-21-15-5-1-2-6-17(15)23/h1-9,12H,10-11H2,(H,20,24). The van der Waals surface area contributed by atoms with Gasteiger partial charge in [-0.1, -0.05) is 23.4 Å². The number of imidazole rings is 1. The molecule has 0 aliphatic heterocycles. The lowest BCUT2D eigenvalue weighted by molar-refractivity contribution is 0.0941. The highest BCUT2D eigenvalue weighted by atomic mass is 16.5. The van der Waals surface area contributed by atoms with E-state index in [0.717, 1.165) is 16.6 Å². The highest BCUT2D eigenvalue weighted by molar-refractivity contribution is 5.92. The molecule has 0 atom stereocenters. The predicted molar refractivity (Wildman–Crippen MR) is 90.7 cm³/mol. The molecule has 4 rings (SSSR count). The molecule has 3 heterocycles. The first-order valence-electron chi connectivity index (χ1n) is 7.82. The molecule has 0 aliphatic carbocycles. The zero-order valence-electron chi connectivity index (χ0n) is 13.3. The van der Waals surface area contributed by atoms with Crippen molar-refractivity contribution in [2.45, 2.75) is 13.1 Å². The zero-order chi connectivity index (χ0) is 17.1. The van der Waals surface area contributed by atoms with E-state index in [9.17, 15) is 4.79 Å². The second-order valence-electron chi connectivity index (χ2n) is 5.58. The number of amides is 1. The van der Waals surface area contributed by atoms with Crippen molar-refractivity contribution in [1.82, 2.24) is 25.0 Å². The number of fused-ring (bicyclic) bond motifs is 1. The fourth-order valence-corrected chi connectivity index (χ4v) is 2.57. The predicted octanol–water partition coefficient (Wildman–Crippen LogP) is 2.40. The minimum atomic E-state index is -0.283. The van der Waals surface area contributed by atoms with Gasteiger partial charge < -0.3 is 14.4 Å². The smallest absolute Gasteiger partial charge is 0.273 e. The van der Waals surface area contributed by atoms with Gasteiger partial charge in [0.05, 0.1) is 23.9 Å². The third-order valence-corrected chi connectivity index (χ3v) is 3.82. The van der Waals surface area contributed by atoms with Gasteiger partial charge in [0.1, 0.15) is 0 Å². The Balaban J connectivity index is 1.44.